The van der Waals surface area contributed by atoms with Crippen molar-refractivity contribution in [3.05, 3.63) is 84.2 Å². The lowest BCUT2D eigenvalue weighted by Crippen LogP contribution is -2.36. The molecule has 4 aromatic rings. The van der Waals surface area contributed by atoms with Crippen molar-refractivity contribution in [3.63, 3.8) is 0 Å². The second-order valence-electron chi connectivity index (χ2n) is 8.11. The molecule has 35 heavy (non-hydrogen) atoms. The summed E-state index contributed by atoms with van der Waals surface area (Å²) in [5.41, 5.74) is 1.20. The van der Waals surface area contributed by atoms with E-state index in [1.807, 2.05) is 11.0 Å². The van der Waals surface area contributed by atoms with Crippen LogP contribution in [-0.2, 0) is 9.53 Å². The molecule has 0 spiro atoms. The Bertz CT molecular complexity index is 1350. The van der Waals surface area contributed by atoms with Gasteiger partial charge < -0.3 is 19.7 Å². The second kappa shape index (κ2) is 9.57. The van der Waals surface area contributed by atoms with Gasteiger partial charge in [-0.2, -0.15) is 5.10 Å². The molecular formula is C25H23F2N5O3. The summed E-state index contributed by atoms with van der Waals surface area (Å²) in [7, 11) is 1.27. The molecule has 0 bridgehead atoms. The van der Waals surface area contributed by atoms with Crippen LogP contribution in [0, 0.1) is 11.6 Å². The van der Waals surface area contributed by atoms with Crippen LogP contribution >= 0.6 is 0 Å². The molecule has 1 aliphatic rings. The van der Waals surface area contributed by atoms with Crippen LogP contribution in [0.1, 0.15) is 24.4 Å². The van der Waals surface area contributed by atoms with Gasteiger partial charge in [0.05, 0.1) is 19.3 Å². The Kier molecular flexibility index (Phi) is 6.17. The Hall–Kier alpha value is -4.21. The van der Waals surface area contributed by atoms with E-state index in [1.165, 1.54) is 19.4 Å². The monoisotopic (exact) mass is 479 g/mol. The van der Waals surface area contributed by atoms with Gasteiger partial charge in [-0.05, 0) is 49.2 Å². The molecule has 180 valence electrons. The van der Waals surface area contributed by atoms with Gasteiger partial charge in [-0.1, -0.05) is 18.2 Å². The van der Waals surface area contributed by atoms with E-state index in [1.54, 1.807) is 41.0 Å². The van der Waals surface area contributed by atoms with Crippen molar-refractivity contribution in [2.75, 3.05) is 23.9 Å². The number of hydrogen-bond acceptors (Lipinski definition) is 7. The number of halogens is 2. The number of aromatic nitrogens is 3. The van der Waals surface area contributed by atoms with E-state index in [-0.39, 0.29) is 6.04 Å². The fraction of sp³-hybridized carbons (Fsp3) is 0.240. The highest BCUT2D eigenvalue weighted by Crippen LogP contribution is 2.37. The number of carbonyl (C=O) groups excluding carboxylic acids is 1. The van der Waals surface area contributed by atoms with Gasteiger partial charge in [-0.15, -0.1) is 0 Å². The first-order chi connectivity index (χ1) is 17.0. The molecule has 5 rings (SSSR count). The van der Waals surface area contributed by atoms with Crippen molar-refractivity contribution in [2.45, 2.75) is 25.1 Å². The van der Waals surface area contributed by atoms with Crippen LogP contribution in [0.4, 0.5) is 20.3 Å². The van der Waals surface area contributed by atoms with E-state index in [4.69, 9.17) is 14.5 Å². The van der Waals surface area contributed by atoms with E-state index in [0.29, 0.717) is 41.4 Å². The summed E-state index contributed by atoms with van der Waals surface area (Å²) in [6, 6.07) is 13.8. The predicted molar refractivity (Wildman–Crippen MR) is 125 cm³/mol. The average Bonchev–Trinajstić information content (AvgIpc) is 3.52. The quantitative estimate of drug-likeness (QED) is 0.312. The largest absolute Gasteiger partial charge is 0.465 e. The highest BCUT2D eigenvalue weighted by atomic mass is 19.1. The van der Waals surface area contributed by atoms with Crippen LogP contribution < -0.4 is 15.0 Å². The minimum atomic E-state index is -1.14. The Morgan fingerprint density at radius 3 is 2.80 bits per heavy atom. The predicted octanol–water partition coefficient (Wildman–Crippen LogP) is 4.34. The number of methoxy groups -OCH3 is 1. The summed E-state index contributed by atoms with van der Waals surface area (Å²) in [6.45, 7) is 0.641. The number of para-hydroxylation sites is 1. The van der Waals surface area contributed by atoms with E-state index in [0.717, 1.165) is 18.6 Å². The van der Waals surface area contributed by atoms with E-state index < -0.39 is 23.8 Å². The summed E-state index contributed by atoms with van der Waals surface area (Å²) >= 11 is 0. The van der Waals surface area contributed by atoms with Crippen molar-refractivity contribution in [2.24, 2.45) is 0 Å². The van der Waals surface area contributed by atoms with Gasteiger partial charge in [-0.25, -0.2) is 23.1 Å². The number of rotatable bonds is 7. The van der Waals surface area contributed by atoms with E-state index in [2.05, 4.69) is 10.4 Å². The fourth-order valence-electron chi connectivity index (χ4n) is 4.28. The molecule has 8 nitrogen and oxygen atoms in total. The number of anilines is 2. The topological polar surface area (TPSA) is 81.0 Å². The molecule has 2 aromatic carbocycles. The molecule has 0 aliphatic carbocycles. The van der Waals surface area contributed by atoms with Gasteiger partial charge in [0.2, 0.25) is 0 Å². The number of esters is 1. The SMILES string of the molecule is COC(=O)[C@H](Nc1cnn2ccc(N3CCCC3c3cc(F)ccc3F)nc12)Oc1ccccc1. The number of fused-ring (bicyclic) bond motifs is 1. The minimum absolute atomic E-state index is 0.304. The molecule has 2 atom stereocenters. The third-order valence-corrected chi connectivity index (χ3v) is 5.92. The normalized spacial score (nSPS) is 16.3. The minimum Gasteiger partial charge on any atom is -0.465 e. The van der Waals surface area contributed by atoms with Gasteiger partial charge in [-0.3, -0.25) is 0 Å². The lowest BCUT2D eigenvalue weighted by Gasteiger charge is -2.26. The Labute approximate surface area is 200 Å². The molecule has 1 N–H and O–H groups in total. The number of benzene rings is 2. The zero-order valence-corrected chi connectivity index (χ0v) is 18.9. The number of carbonyl (C=O) groups is 1. The molecule has 0 radical (unpaired) electrons. The van der Waals surface area contributed by atoms with E-state index in [9.17, 15) is 13.6 Å². The first-order valence-corrected chi connectivity index (χ1v) is 11.2. The smallest absolute Gasteiger partial charge is 0.368 e. The summed E-state index contributed by atoms with van der Waals surface area (Å²) in [4.78, 5) is 19.1. The summed E-state index contributed by atoms with van der Waals surface area (Å²) in [5, 5.41) is 7.30. The molecule has 2 aromatic heterocycles. The molecule has 10 heteroatoms. The molecule has 1 aliphatic heterocycles. The Morgan fingerprint density at radius 1 is 1.17 bits per heavy atom. The first kappa shape index (κ1) is 22.6. The fourth-order valence-corrected chi connectivity index (χ4v) is 4.28. The van der Waals surface area contributed by atoms with Crippen molar-refractivity contribution in [1.82, 2.24) is 14.6 Å². The molecule has 0 amide bonds. The van der Waals surface area contributed by atoms with Crippen molar-refractivity contribution in [1.29, 1.82) is 0 Å². The molecule has 1 fully saturated rings. The molecular weight excluding hydrogens is 456 g/mol. The third-order valence-electron chi connectivity index (χ3n) is 5.92. The summed E-state index contributed by atoms with van der Waals surface area (Å²) in [6.07, 6.45) is 3.61. The van der Waals surface area contributed by atoms with Gasteiger partial charge in [0, 0.05) is 18.3 Å². The number of ether oxygens (including phenoxy) is 2. The van der Waals surface area contributed by atoms with Gasteiger partial charge in [0.15, 0.2) is 5.65 Å². The lowest BCUT2D eigenvalue weighted by atomic mass is 10.0. The lowest BCUT2D eigenvalue weighted by molar-refractivity contribution is -0.147. The van der Waals surface area contributed by atoms with Crippen molar-refractivity contribution >= 4 is 23.1 Å². The average molecular weight is 479 g/mol. The molecule has 1 unspecified atom stereocenters. The standard InChI is InChI=1S/C25H23F2N5O3/c1-34-25(33)24(35-17-6-3-2-4-7-17)29-20-15-28-32-13-11-22(30-23(20)32)31-12-5-8-21(31)18-14-16(26)9-10-19(18)27/h2-4,6-7,9-11,13-15,21,24,29H,5,8,12H2,1H3/t21?,24-/m1/s1. The van der Waals surface area contributed by atoms with Crippen molar-refractivity contribution in [3.8, 4) is 5.75 Å². The van der Waals surface area contributed by atoms with Crippen LogP contribution in [0.25, 0.3) is 5.65 Å². The Balaban J connectivity index is 1.45. The zero-order chi connectivity index (χ0) is 24.4. The zero-order valence-electron chi connectivity index (χ0n) is 18.9. The highest BCUT2D eigenvalue weighted by Gasteiger charge is 2.30. The summed E-state index contributed by atoms with van der Waals surface area (Å²) < 4.78 is 40.6. The van der Waals surface area contributed by atoms with Crippen LogP contribution in [0.5, 0.6) is 5.75 Å². The van der Waals surface area contributed by atoms with Gasteiger partial charge >= 0.3 is 5.97 Å². The summed E-state index contributed by atoms with van der Waals surface area (Å²) in [5.74, 6) is -0.477. The maximum absolute atomic E-state index is 14.5. The van der Waals surface area contributed by atoms with Gasteiger partial charge in [0.1, 0.15) is 28.9 Å². The number of hydrogen-bond donors (Lipinski definition) is 1. The van der Waals surface area contributed by atoms with E-state index >= 15 is 0 Å². The molecule has 3 heterocycles. The number of nitrogens with zero attached hydrogens (tertiary/aromatic N) is 4. The van der Waals surface area contributed by atoms with Crippen LogP contribution in [-0.4, -0.2) is 40.4 Å². The highest BCUT2D eigenvalue weighted by molar-refractivity contribution is 5.80. The third kappa shape index (κ3) is 4.59. The van der Waals surface area contributed by atoms with Crippen LogP contribution in [0.3, 0.4) is 0 Å². The van der Waals surface area contributed by atoms with Crippen LogP contribution in [0.15, 0.2) is 67.0 Å². The number of nitrogens with one attached hydrogen (secondary N) is 1. The van der Waals surface area contributed by atoms with Crippen LogP contribution in [0.2, 0.25) is 0 Å². The maximum Gasteiger partial charge on any atom is 0.368 e. The first-order valence-electron chi connectivity index (χ1n) is 11.2. The second-order valence-corrected chi connectivity index (χ2v) is 8.11. The molecule has 0 saturated carbocycles. The maximum atomic E-state index is 14.5. The molecule has 1 saturated heterocycles. The van der Waals surface area contributed by atoms with Crippen molar-refractivity contribution < 1.29 is 23.0 Å². The van der Waals surface area contributed by atoms with Gasteiger partial charge in [0.25, 0.3) is 6.23 Å². The Morgan fingerprint density at radius 2 is 2.00 bits per heavy atom.